The Labute approximate surface area is 155 Å². The fourth-order valence-electron chi connectivity index (χ4n) is 2.84. The van der Waals surface area contributed by atoms with Crippen LogP contribution in [0.5, 0.6) is 0 Å². The van der Waals surface area contributed by atoms with Crippen LogP contribution in [0.15, 0.2) is 64.5 Å². The Bertz CT molecular complexity index is 879. The summed E-state index contributed by atoms with van der Waals surface area (Å²) in [4.78, 5) is 16.1. The number of rotatable bonds is 7. The van der Waals surface area contributed by atoms with Gasteiger partial charge in [0.2, 0.25) is 11.8 Å². The molecule has 0 bridgehead atoms. The molecule has 0 spiro atoms. The van der Waals surface area contributed by atoms with E-state index in [1.807, 2.05) is 18.2 Å². The van der Waals surface area contributed by atoms with E-state index >= 15 is 0 Å². The van der Waals surface area contributed by atoms with Crippen LogP contribution in [0.25, 0.3) is 11.5 Å². The van der Waals surface area contributed by atoms with Gasteiger partial charge in [0, 0.05) is 29.9 Å². The second kappa shape index (κ2) is 7.29. The maximum absolute atomic E-state index is 12.2. The number of carbonyl (C=O) groups is 1. The third-order valence-corrected chi connectivity index (χ3v) is 5.34. The maximum atomic E-state index is 12.2. The number of pyridine rings is 1. The van der Waals surface area contributed by atoms with Crippen LogP contribution in [0.2, 0.25) is 0 Å². The van der Waals surface area contributed by atoms with Gasteiger partial charge in [-0.05, 0) is 30.5 Å². The van der Waals surface area contributed by atoms with Crippen LogP contribution in [-0.4, -0.2) is 33.4 Å². The lowest BCUT2D eigenvalue weighted by Crippen LogP contribution is -2.33. The van der Waals surface area contributed by atoms with Gasteiger partial charge in [-0.25, -0.2) is 0 Å². The maximum Gasteiger partial charge on any atom is 0.277 e. The van der Waals surface area contributed by atoms with Crippen LogP contribution < -0.4 is 5.32 Å². The zero-order valence-electron chi connectivity index (χ0n) is 14.1. The molecule has 1 aromatic carbocycles. The van der Waals surface area contributed by atoms with E-state index in [0.717, 1.165) is 18.4 Å². The van der Waals surface area contributed by atoms with E-state index in [0.29, 0.717) is 17.7 Å². The molecule has 1 saturated carbocycles. The van der Waals surface area contributed by atoms with Gasteiger partial charge >= 0.3 is 0 Å². The number of hydrogen-bond donors (Lipinski definition) is 1. The predicted octanol–water partition coefficient (Wildman–Crippen LogP) is 3.07. The molecule has 1 fully saturated rings. The van der Waals surface area contributed by atoms with E-state index in [1.54, 1.807) is 24.5 Å². The van der Waals surface area contributed by atoms with Gasteiger partial charge in [0.15, 0.2) is 0 Å². The van der Waals surface area contributed by atoms with Crippen molar-refractivity contribution in [2.45, 2.75) is 23.5 Å². The molecule has 0 saturated heterocycles. The lowest BCUT2D eigenvalue weighted by atomic mass is 9.96. The topological polar surface area (TPSA) is 80.9 Å². The molecule has 0 unspecified atom stereocenters. The summed E-state index contributed by atoms with van der Waals surface area (Å²) in [6, 6.07) is 14.0. The summed E-state index contributed by atoms with van der Waals surface area (Å²) in [6.07, 6.45) is 5.56. The Morgan fingerprint density at radius 3 is 2.62 bits per heavy atom. The van der Waals surface area contributed by atoms with Crippen LogP contribution in [-0.2, 0) is 10.2 Å². The molecule has 2 aromatic heterocycles. The van der Waals surface area contributed by atoms with Crippen molar-refractivity contribution in [3.8, 4) is 11.5 Å². The van der Waals surface area contributed by atoms with Crippen LogP contribution in [0.3, 0.4) is 0 Å². The highest BCUT2D eigenvalue weighted by atomic mass is 32.2. The van der Waals surface area contributed by atoms with Gasteiger partial charge in [0.05, 0.1) is 5.75 Å². The summed E-state index contributed by atoms with van der Waals surface area (Å²) in [6.45, 7) is 0.669. The SMILES string of the molecule is O=C(CSc1nnc(-c2ccncc2)o1)NCC1(c2ccccc2)CC1. The Morgan fingerprint density at radius 1 is 1.12 bits per heavy atom. The van der Waals surface area contributed by atoms with Crippen molar-refractivity contribution >= 4 is 17.7 Å². The minimum Gasteiger partial charge on any atom is -0.411 e. The molecule has 1 N–H and O–H groups in total. The molecule has 6 nitrogen and oxygen atoms in total. The lowest BCUT2D eigenvalue weighted by molar-refractivity contribution is -0.118. The molecule has 1 aliphatic carbocycles. The first kappa shape index (κ1) is 16.8. The van der Waals surface area contributed by atoms with Crippen molar-refractivity contribution in [2.75, 3.05) is 12.3 Å². The van der Waals surface area contributed by atoms with Gasteiger partial charge in [-0.15, -0.1) is 10.2 Å². The fourth-order valence-corrected chi connectivity index (χ4v) is 3.43. The Hall–Kier alpha value is -2.67. The molecule has 0 atom stereocenters. The molecule has 132 valence electrons. The number of amides is 1. The van der Waals surface area contributed by atoms with Crippen molar-refractivity contribution in [3.05, 3.63) is 60.4 Å². The molecule has 0 radical (unpaired) electrons. The number of thioether (sulfide) groups is 1. The normalized spacial score (nSPS) is 14.8. The average Bonchev–Trinajstić information content (AvgIpc) is 3.35. The quantitative estimate of drug-likeness (QED) is 0.647. The van der Waals surface area contributed by atoms with E-state index in [9.17, 15) is 4.79 Å². The second-order valence-corrected chi connectivity index (χ2v) is 7.25. The van der Waals surface area contributed by atoms with Crippen LogP contribution in [0.4, 0.5) is 0 Å². The standard InChI is InChI=1S/C19H18N4O2S/c24-16(21-13-19(8-9-19)15-4-2-1-3-5-15)12-26-18-23-22-17(25-18)14-6-10-20-11-7-14/h1-7,10-11H,8-9,12-13H2,(H,21,24). The molecule has 1 amide bonds. The first-order valence-corrected chi connectivity index (χ1v) is 9.43. The van der Waals surface area contributed by atoms with Gasteiger partial charge in [0.25, 0.3) is 5.22 Å². The summed E-state index contributed by atoms with van der Waals surface area (Å²) in [7, 11) is 0. The number of hydrogen-bond acceptors (Lipinski definition) is 6. The van der Waals surface area contributed by atoms with Gasteiger partial charge in [-0.2, -0.15) is 0 Å². The zero-order valence-corrected chi connectivity index (χ0v) is 14.9. The molecular weight excluding hydrogens is 348 g/mol. The molecule has 4 rings (SSSR count). The zero-order chi connectivity index (χ0) is 17.8. The third kappa shape index (κ3) is 3.77. The molecular formula is C19H18N4O2S. The lowest BCUT2D eigenvalue weighted by Gasteiger charge is -2.16. The second-order valence-electron chi connectivity index (χ2n) is 6.32. The molecule has 26 heavy (non-hydrogen) atoms. The molecule has 7 heteroatoms. The van der Waals surface area contributed by atoms with Gasteiger partial charge in [-0.3, -0.25) is 9.78 Å². The van der Waals surface area contributed by atoms with Crippen molar-refractivity contribution in [3.63, 3.8) is 0 Å². The van der Waals surface area contributed by atoms with E-state index in [1.165, 1.54) is 17.3 Å². The van der Waals surface area contributed by atoms with Gasteiger partial charge < -0.3 is 9.73 Å². The summed E-state index contributed by atoms with van der Waals surface area (Å²) in [5.41, 5.74) is 2.22. The predicted molar refractivity (Wildman–Crippen MR) is 98.6 cm³/mol. The Balaban J connectivity index is 1.28. The molecule has 1 aliphatic rings. The monoisotopic (exact) mass is 366 g/mol. The summed E-state index contributed by atoms with van der Waals surface area (Å²) >= 11 is 1.24. The minimum absolute atomic E-state index is 0.0270. The average molecular weight is 366 g/mol. The number of aromatic nitrogens is 3. The highest BCUT2D eigenvalue weighted by Gasteiger charge is 2.44. The van der Waals surface area contributed by atoms with E-state index in [4.69, 9.17) is 4.42 Å². The minimum atomic E-state index is -0.0270. The Kier molecular flexibility index (Phi) is 4.71. The van der Waals surface area contributed by atoms with Crippen LogP contribution in [0.1, 0.15) is 18.4 Å². The number of nitrogens with zero attached hydrogens (tertiary/aromatic N) is 3. The number of carbonyl (C=O) groups excluding carboxylic acids is 1. The van der Waals surface area contributed by atoms with Crippen molar-refractivity contribution < 1.29 is 9.21 Å². The number of nitrogens with one attached hydrogen (secondary N) is 1. The van der Waals surface area contributed by atoms with Crippen molar-refractivity contribution in [2.24, 2.45) is 0 Å². The van der Waals surface area contributed by atoms with Crippen LogP contribution >= 0.6 is 11.8 Å². The number of benzene rings is 1. The van der Waals surface area contributed by atoms with E-state index in [2.05, 4.69) is 32.6 Å². The fraction of sp³-hybridized carbons (Fsp3) is 0.263. The highest BCUT2D eigenvalue weighted by molar-refractivity contribution is 7.99. The first-order chi connectivity index (χ1) is 12.8. The van der Waals surface area contributed by atoms with Crippen molar-refractivity contribution in [1.29, 1.82) is 0 Å². The van der Waals surface area contributed by atoms with Crippen molar-refractivity contribution in [1.82, 2.24) is 20.5 Å². The Morgan fingerprint density at radius 2 is 1.88 bits per heavy atom. The van der Waals surface area contributed by atoms with Gasteiger partial charge in [-0.1, -0.05) is 42.1 Å². The van der Waals surface area contributed by atoms with Gasteiger partial charge in [0.1, 0.15) is 0 Å². The van der Waals surface area contributed by atoms with E-state index < -0.39 is 0 Å². The summed E-state index contributed by atoms with van der Waals surface area (Å²) in [5.74, 6) is 0.653. The molecule has 0 aliphatic heterocycles. The third-order valence-electron chi connectivity index (χ3n) is 4.52. The molecule has 2 heterocycles. The summed E-state index contributed by atoms with van der Waals surface area (Å²) < 4.78 is 5.58. The first-order valence-electron chi connectivity index (χ1n) is 8.44. The smallest absolute Gasteiger partial charge is 0.277 e. The molecule has 3 aromatic rings. The summed E-state index contributed by atoms with van der Waals surface area (Å²) in [5, 5.41) is 11.4. The largest absolute Gasteiger partial charge is 0.411 e. The van der Waals surface area contributed by atoms with Crippen LogP contribution in [0, 0.1) is 0 Å². The van der Waals surface area contributed by atoms with E-state index in [-0.39, 0.29) is 17.1 Å². The highest BCUT2D eigenvalue weighted by Crippen LogP contribution is 2.47.